The first-order chi connectivity index (χ1) is 8.08. The molecule has 0 atom stereocenters. The van der Waals surface area contributed by atoms with Crippen molar-refractivity contribution in [1.29, 1.82) is 0 Å². The van der Waals surface area contributed by atoms with Crippen LogP contribution in [-0.4, -0.2) is 62.0 Å². The van der Waals surface area contributed by atoms with Crippen LogP contribution in [0.1, 0.15) is 32.6 Å². The molecule has 0 saturated heterocycles. The number of nitrogens with one attached hydrogen (secondary N) is 1. The Morgan fingerprint density at radius 3 is 2.24 bits per heavy atom. The third-order valence-electron chi connectivity index (χ3n) is 3.86. The highest BCUT2D eigenvalue weighted by molar-refractivity contribution is 5.77. The van der Waals surface area contributed by atoms with E-state index in [0.29, 0.717) is 18.6 Å². The first-order valence-corrected chi connectivity index (χ1v) is 6.70. The van der Waals surface area contributed by atoms with Crippen LogP contribution in [0.5, 0.6) is 0 Å². The molecule has 0 aromatic heterocycles. The lowest BCUT2D eigenvalue weighted by Crippen LogP contribution is -2.45. The maximum atomic E-state index is 11.7. The van der Waals surface area contributed by atoms with Gasteiger partial charge in [0, 0.05) is 26.2 Å². The van der Waals surface area contributed by atoms with Crippen LogP contribution in [0.25, 0.3) is 0 Å². The molecule has 1 aliphatic rings. The first kappa shape index (κ1) is 14.5. The molecule has 1 saturated carbocycles. The number of hydrogen-bond acceptors (Lipinski definition) is 3. The molecule has 0 radical (unpaired) electrons. The van der Waals surface area contributed by atoms with E-state index in [0.717, 1.165) is 6.54 Å². The van der Waals surface area contributed by atoms with E-state index in [9.17, 15) is 4.79 Å². The van der Waals surface area contributed by atoms with E-state index in [1.165, 1.54) is 25.7 Å². The number of carbonyl (C=O) groups excluding carboxylic acids is 1. The van der Waals surface area contributed by atoms with Crippen molar-refractivity contribution in [3.8, 4) is 0 Å². The van der Waals surface area contributed by atoms with E-state index in [2.05, 4.69) is 17.1 Å². The topological polar surface area (TPSA) is 35.6 Å². The van der Waals surface area contributed by atoms with Gasteiger partial charge in [0.05, 0.1) is 6.54 Å². The Hall–Kier alpha value is -0.610. The van der Waals surface area contributed by atoms with Crippen LogP contribution < -0.4 is 5.32 Å². The van der Waals surface area contributed by atoms with E-state index in [1.807, 2.05) is 21.1 Å². The number of likely N-dealkylation sites (N-methyl/N-ethyl adjacent to an activating group) is 2. The van der Waals surface area contributed by atoms with Crippen LogP contribution in [0.3, 0.4) is 0 Å². The van der Waals surface area contributed by atoms with Crippen LogP contribution >= 0.6 is 0 Å². The number of amides is 1. The highest BCUT2D eigenvalue weighted by Crippen LogP contribution is 2.22. The zero-order valence-corrected chi connectivity index (χ0v) is 11.7. The molecule has 17 heavy (non-hydrogen) atoms. The van der Waals surface area contributed by atoms with Crippen molar-refractivity contribution in [1.82, 2.24) is 15.1 Å². The van der Waals surface area contributed by atoms with Crippen LogP contribution in [0, 0.1) is 0 Å². The molecular formula is C13H27N3O. The predicted molar refractivity (Wildman–Crippen MR) is 71.0 cm³/mol. The zero-order chi connectivity index (χ0) is 12.8. The second kappa shape index (κ2) is 6.97. The Labute approximate surface area is 105 Å². The minimum Gasteiger partial charge on any atom is -0.348 e. The summed E-state index contributed by atoms with van der Waals surface area (Å²) in [7, 11) is 5.69. The Kier molecular flexibility index (Phi) is 5.92. The number of carbonyl (C=O) groups is 1. The van der Waals surface area contributed by atoms with E-state index in [4.69, 9.17) is 0 Å². The summed E-state index contributed by atoms with van der Waals surface area (Å²) in [5.74, 6) is 0.211. The summed E-state index contributed by atoms with van der Waals surface area (Å²) >= 11 is 0. The van der Waals surface area contributed by atoms with Gasteiger partial charge < -0.3 is 10.2 Å². The van der Waals surface area contributed by atoms with Crippen LogP contribution in [0.4, 0.5) is 0 Å². The number of hydrogen-bond donors (Lipinski definition) is 1. The zero-order valence-electron chi connectivity index (χ0n) is 11.7. The lowest BCUT2D eigenvalue weighted by atomic mass is 9.90. The lowest BCUT2D eigenvalue weighted by Gasteiger charge is -2.36. The maximum absolute atomic E-state index is 11.7. The number of rotatable bonds is 5. The summed E-state index contributed by atoms with van der Waals surface area (Å²) in [5.41, 5.74) is 0. The summed E-state index contributed by atoms with van der Waals surface area (Å²) in [6, 6.07) is 1.27. The molecular weight excluding hydrogens is 214 g/mol. The Bertz CT molecular complexity index is 235. The molecule has 0 unspecified atom stereocenters. The molecule has 0 spiro atoms. The fraction of sp³-hybridized carbons (Fsp3) is 0.923. The van der Waals surface area contributed by atoms with Crippen molar-refractivity contribution in [2.45, 2.75) is 44.7 Å². The average molecular weight is 241 g/mol. The van der Waals surface area contributed by atoms with Gasteiger partial charge in [-0.15, -0.1) is 0 Å². The van der Waals surface area contributed by atoms with Crippen molar-refractivity contribution in [3.05, 3.63) is 0 Å². The fourth-order valence-corrected chi connectivity index (χ4v) is 2.54. The molecule has 0 heterocycles. The fourth-order valence-electron chi connectivity index (χ4n) is 2.54. The lowest BCUT2D eigenvalue weighted by molar-refractivity contribution is -0.130. The van der Waals surface area contributed by atoms with Gasteiger partial charge in [0.25, 0.3) is 0 Å². The van der Waals surface area contributed by atoms with Gasteiger partial charge in [-0.05, 0) is 39.3 Å². The quantitative estimate of drug-likeness (QED) is 0.778. The molecule has 1 amide bonds. The average Bonchev–Trinajstić information content (AvgIpc) is 2.35. The van der Waals surface area contributed by atoms with E-state index in [-0.39, 0.29) is 5.91 Å². The van der Waals surface area contributed by atoms with Crippen molar-refractivity contribution < 1.29 is 4.79 Å². The van der Waals surface area contributed by atoms with E-state index in [1.54, 1.807) is 4.90 Å². The molecule has 1 N–H and O–H groups in total. The molecule has 1 rings (SSSR count). The normalized spacial score (nSPS) is 25.0. The van der Waals surface area contributed by atoms with Gasteiger partial charge in [-0.25, -0.2) is 0 Å². The maximum Gasteiger partial charge on any atom is 0.236 e. The van der Waals surface area contributed by atoms with Crippen molar-refractivity contribution in [2.75, 3.05) is 34.2 Å². The molecule has 4 nitrogen and oxygen atoms in total. The van der Waals surface area contributed by atoms with Gasteiger partial charge in [-0.3, -0.25) is 9.69 Å². The second-order valence-electron chi connectivity index (χ2n) is 5.15. The molecule has 0 aliphatic heterocycles. The summed E-state index contributed by atoms with van der Waals surface area (Å²) in [5, 5.41) is 3.35. The van der Waals surface area contributed by atoms with E-state index < -0.39 is 0 Å². The van der Waals surface area contributed by atoms with Crippen LogP contribution in [-0.2, 0) is 4.79 Å². The largest absolute Gasteiger partial charge is 0.348 e. The van der Waals surface area contributed by atoms with Crippen LogP contribution in [0.2, 0.25) is 0 Å². The SMILES string of the molecule is CCN(CC(=O)N(C)C)C1CCC(NC)CC1. The first-order valence-electron chi connectivity index (χ1n) is 6.70. The second-order valence-corrected chi connectivity index (χ2v) is 5.15. The standard InChI is InChI=1S/C13H27N3O/c1-5-16(10-13(17)15(3)4)12-8-6-11(14-2)7-9-12/h11-12,14H,5-10H2,1-4H3. The van der Waals surface area contributed by atoms with Crippen molar-refractivity contribution in [2.24, 2.45) is 0 Å². The molecule has 0 aromatic carbocycles. The third kappa shape index (κ3) is 4.28. The van der Waals surface area contributed by atoms with Crippen molar-refractivity contribution in [3.63, 3.8) is 0 Å². The molecule has 0 aromatic rings. The Balaban J connectivity index is 2.43. The Morgan fingerprint density at radius 2 is 1.82 bits per heavy atom. The predicted octanol–water partition coefficient (Wildman–Crippen LogP) is 0.927. The van der Waals surface area contributed by atoms with Gasteiger partial charge in [0.1, 0.15) is 0 Å². The highest BCUT2D eigenvalue weighted by atomic mass is 16.2. The summed E-state index contributed by atoms with van der Waals surface area (Å²) < 4.78 is 0. The monoisotopic (exact) mass is 241 g/mol. The minimum atomic E-state index is 0.211. The molecule has 100 valence electrons. The van der Waals surface area contributed by atoms with Gasteiger partial charge >= 0.3 is 0 Å². The molecule has 0 bridgehead atoms. The van der Waals surface area contributed by atoms with Gasteiger partial charge in [-0.2, -0.15) is 0 Å². The van der Waals surface area contributed by atoms with Gasteiger partial charge in [0.15, 0.2) is 0 Å². The molecule has 1 fully saturated rings. The van der Waals surface area contributed by atoms with Crippen molar-refractivity contribution >= 4 is 5.91 Å². The summed E-state index contributed by atoms with van der Waals surface area (Å²) in [6.45, 7) is 3.68. The minimum absolute atomic E-state index is 0.211. The van der Waals surface area contributed by atoms with E-state index >= 15 is 0 Å². The highest BCUT2D eigenvalue weighted by Gasteiger charge is 2.25. The number of nitrogens with zero attached hydrogens (tertiary/aromatic N) is 2. The molecule has 1 aliphatic carbocycles. The van der Waals surface area contributed by atoms with Gasteiger partial charge in [-0.1, -0.05) is 6.92 Å². The molecule has 4 heteroatoms. The summed E-state index contributed by atoms with van der Waals surface area (Å²) in [6.07, 6.45) is 4.88. The smallest absolute Gasteiger partial charge is 0.236 e. The van der Waals surface area contributed by atoms with Gasteiger partial charge in [0.2, 0.25) is 5.91 Å². The summed E-state index contributed by atoms with van der Waals surface area (Å²) in [4.78, 5) is 15.8. The Morgan fingerprint density at radius 1 is 1.24 bits per heavy atom. The third-order valence-corrected chi connectivity index (χ3v) is 3.86. The van der Waals surface area contributed by atoms with Crippen LogP contribution in [0.15, 0.2) is 0 Å².